The Hall–Kier alpha value is -1.62. The maximum Gasteiger partial charge on any atom is 0.264 e. The zero-order valence-corrected chi connectivity index (χ0v) is 18.7. The van der Waals surface area contributed by atoms with E-state index in [1.54, 1.807) is 12.1 Å². The zero-order valence-electron chi connectivity index (χ0n) is 17.1. The SMILES string of the molecule is CO[C@H]1O[C@H](COCc2ccccc2)[C@@H]([S@@](=O)c2ccc(C)cc2)[C@@H]1OS(C)(=O)=O. The van der Waals surface area contributed by atoms with E-state index < -0.39 is 44.7 Å². The molecule has 1 aliphatic heterocycles. The molecule has 7 nitrogen and oxygen atoms in total. The van der Waals surface area contributed by atoms with E-state index in [1.807, 2.05) is 49.4 Å². The van der Waals surface area contributed by atoms with E-state index in [-0.39, 0.29) is 6.61 Å². The van der Waals surface area contributed by atoms with Gasteiger partial charge in [-0.25, -0.2) is 0 Å². The van der Waals surface area contributed by atoms with E-state index in [1.165, 1.54) is 7.11 Å². The summed E-state index contributed by atoms with van der Waals surface area (Å²) < 4.78 is 59.3. The maximum atomic E-state index is 13.4. The molecule has 3 rings (SSSR count). The van der Waals surface area contributed by atoms with Crippen molar-refractivity contribution in [1.82, 2.24) is 0 Å². The highest BCUT2D eigenvalue weighted by Crippen LogP contribution is 2.32. The Morgan fingerprint density at radius 3 is 2.33 bits per heavy atom. The minimum Gasteiger partial charge on any atom is -0.374 e. The Balaban J connectivity index is 1.82. The summed E-state index contributed by atoms with van der Waals surface area (Å²) in [5.41, 5.74) is 2.01. The van der Waals surface area contributed by atoms with Crippen LogP contribution in [0, 0.1) is 6.92 Å². The van der Waals surface area contributed by atoms with Gasteiger partial charge in [0, 0.05) is 12.0 Å². The highest BCUT2D eigenvalue weighted by Gasteiger charge is 2.51. The lowest BCUT2D eigenvalue weighted by molar-refractivity contribution is -0.151. The van der Waals surface area contributed by atoms with E-state index in [0.717, 1.165) is 17.4 Å². The van der Waals surface area contributed by atoms with Gasteiger partial charge in [0.1, 0.15) is 17.5 Å². The summed E-state index contributed by atoms with van der Waals surface area (Å²) in [6.07, 6.45) is -1.76. The molecule has 0 aliphatic carbocycles. The average Bonchev–Trinajstić information content (AvgIpc) is 3.04. The van der Waals surface area contributed by atoms with Crippen molar-refractivity contribution in [1.29, 1.82) is 0 Å². The molecule has 1 aliphatic rings. The van der Waals surface area contributed by atoms with Crippen molar-refractivity contribution >= 4 is 20.9 Å². The topological polar surface area (TPSA) is 88.1 Å². The fraction of sp³-hybridized carbons (Fsp3) is 0.429. The lowest BCUT2D eigenvalue weighted by atomic mass is 10.2. The molecule has 0 N–H and O–H groups in total. The van der Waals surface area contributed by atoms with Crippen LogP contribution in [0.2, 0.25) is 0 Å². The molecule has 1 saturated heterocycles. The lowest BCUT2D eigenvalue weighted by Crippen LogP contribution is -2.41. The largest absolute Gasteiger partial charge is 0.374 e. The molecule has 0 aromatic heterocycles. The minimum absolute atomic E-state index is 0.112. The van der Waals surface area contributed by atoms with Crippen LogP contribution in [-0.4, -0.2) is 56.3 Å². The first kappa shape index (κ1) is 23.1. The molecule has 9 heteroatoms. The molecule has 164 valence electrons. The molecule has 0 saturated carbocycles. The molecule has 0 unspecified atom stereocenters. The molecule has 5 atom stereocenters. The van der Waals surface area contributed by atoms with Gasteiger partial charge in [-0.15, -0.1) is 0 Å². The van der Waals surface area contributed by atoms with Crippen LogP contribution in [0.3, 0.4) is 0 Å². The van der Waals surface area contributed by atoms with Crippen LogP contribution < -0.4 is 0 Å². The average molecular weight is 455 g/mol. The van der Waals surface area contributed by atoms with Crippen molar-refractivity contribution in [2.24, 2.45) is 0 Å². The molecule has 2 aromatic carbocycles. The smallest absolute Gasteiger partial charge is 0.264 e. The van der Waals surface area contributed by atoms with Gasteiger partial charge in [0.15, 0.2) is 6.29 Å². The standard InChI is InChI=1S/C21H26O7S2/c1-15-9-11-17(12-10-15)29(22)20-18(14-26-13-16-7-5-4-6-8-16)27-21(25-2)19(20)28-30(3,23)24/h4-12,18-21H,13-14H2,1-3H3/t18-,19+,20-,21+,29+/m1/s1. The first-order valence-electron chi connectivity index (χ1n) is 9.44. The van der Waals surface area contributed by atoms with E-state index in [2.05, 4.69) is 0 Å². The number of ether oxygens (including phenoxy) is 3. The predicted molar refractivity (Wildman–Crippen MR) is 113 cm³/mol. The van der Waals surface area contributed by atoms with Gasteiger partial charge in [0.05, 0.1) is 30.3 Å². The van der Waals surface area contributed by atoms with Gasteiger partial charge in [-0.3, -0.25) is 8.39 Å². The second-order valence-electron chi connectivity index (χ2n) is 7.12. The third kappa shape index (κ3) is 5.96. The second-order valence-corrected chi connectivity index (χ2v) is 10.3. The zero-order chi connectivity index (χ0) is 21.7. The second kappa shape index (κ2) is 10.1. The lowest BCUT2D eigenvalue weighted by Gasteiger charge is -2.22. The van der Waals surface area contributed by atoms with Crippen LogP contribution >= 0.6 is 0 Å². The molecule has 0 bridgehead atoms. The van der Waals surface area contributed by atoms with Crippen molar-refractivity contribution in [3.8, 4) is 0 Å². The van der Waals surface area contributed by atoms with Gasteiger partial charge in [0.2, 0.25) is 0 Å². The highest BCUT2D eigenvalue weighted by molar-refractivity contribution is 7.86. The Labute approximate surface area is 179 Å². The van der Waals surface area contributed by atoms with Crippen LogP contribution in [0.15, 0.2) is 59.5 Å². The highest BCUT2D eigenvalue weighted by atomic mass is 32.2. The van der Waals surface area contributed by atoms with Gasteiger partial charge in [-0.05, 0) is 24.6 Å². The Morgan fingerprint density at radius 2 is 1.73 bits per heavy atom. The van der Waals surface area contributed by atoms with Crippen LogP contribution in [0.5, 0.6) is 0 Å². The quantitative estimate of drug-likeness (QED) is 0.538. The molecule has 2 aromatic rings. The van der Waals surface area contributed by atoms with Gasteiger partial charge in [-0.2, -0.15) is 8.42 Å². The van der Waals surface area contributed by atoms with Gasteiger partial charge >= 0.3 is 0 Å². The summed E-state index contributed by atoms with van der Waals surface area (Å²) in [6.45, 7) is 2.39. The van der Waals surface area contributed by atoms with Gasteiger partial charge in [0.25, 0.3) is 10.1 Å². The summed E-state index contributed by atoms with van der Waals surface area (Å²) in [5, 5.41) is -0.789. The fourth-order valence-electron chi connectivity index (χ4n) is 3.28. The van der Waals surface area contributed by atoms with Gasteiger partial charge < -0.3 is 14.2 Å². The summed E-state index contributed by atoms with van der Waals surface area (Å²) in [6, 6.07) is 16.8. The van der Waals surface area contributed by atoms with Crippen LogP contribution in [0.1, 0.15) is 11.1 Å². The first-order chi connectivity index (χ1) is 14.3. The number of hydrogen-bond donors (Lipinski definition) is 0. The summed E-state index contributed by atoms with van der Waals surface area (Å²) in [7, 11) is -4.04. The molecular weight excluding hydrogens is 428 g/mol. The Bertz CT molecular complexity index is 945. The molecule has 1 heterocycles. The van der Waals surface area contributed by atoms with Crippen molar-refractivity contribution < 1.29 is 31.0 Å². The molecule has 30 heavy (non-hydrogen) atoms. The maximum absolute atomic E-state index is 13.4. The Kier molecular flexibility index (Phi) is 7.78. The molecule has 0 amide bonds. The number of methoxy groups -OCH3 is 1. The number of hydrogen-bond acceptors (Lipinski definition) is 7. The van der Waals surface area contributed by atoms with Crippen molar-refractivity contribution in [2.75, 3.05) is 20.0 Å². The third-order valence-electron chi connectivity index (χ3n) is 4.68. The third-order valence-corrected chi connectivity index (χ3v) is 7.05. The van der Waals surface area contributed by atoms with E-state index in [9.17, 15) is 12.6 Å². The van der Waals surface area contributed by atoms with Crippen LogP contribution in [-0.2, 0) is 45.9 Å². The Morgan fingerprint density at radius 1 is 1.07 bits per heavy atom. The number of rotatable bonds is 9. The normalized spacial score (nSPS) is 25.3. The summed E-state index contributed by atoms with van der Waals surface area (Å²) in [5.74, 6) is 0. The van der Waals surface area contributed by atoms with E-state index in [0.29, 0.717) is 11.5 Å². The predicted octanol–water partition coefficient (Wildman–Crippen LogP) is 2.40. The fourth-order valence-corrected chi connectivity index (χ4v) is 5.52. The molecular formula is C21H26O7S2. The molecule has 1 fully saturated rings. The summed E-state index contributed by atoms with van der Waals surface area (Å²) in [4.78, 5) is 0.557. The van der Waals surface area contributed by atoms with Crippen molar-refractivity contribution in [2.45, 2.75) is 42.2 Å². The van der Waals surface area contributed by atoms with Crippen LogP contribution in [0.25, 0.3) is 0 Å². The molecule has 0 spiro atoms. The summed E-state index contributed by atoms with van der Waals surface area (Å²) >= 11 is 0. The monoisotopic (exact) mass is 454 g/mol. The van der Waals surface area contributed by atoms with Crippen molar-refractivity contribution in [3.63, 3.8) is 0 Å². The van der Waals surface area contributed by atoms with Crippen molar-refractivity contribution in [3.05, 3.63) is 65.7 Å². The number of aryl methyl sites for hydroxylation is 1. The minimum atomic E-state index is -3.83. The first-order valence-corrected chi connectivity index (χ1v) is 12.5. The number of benzene rings is 2. The van der Waals surface area contributed by atoms with Crippen LogP contribution in [0.4, 0.5) is 0 Å². The van der Waals surface area contributed by atoms with E-state index in [4.69, 9.17) is 18.4 Å². The molecule has 0 radical (unpaired) electrons. The van der Waals surface area contributed by atoms with E-state index >= 15 is 0 Å². The van der Waals surface area contributed by atoms with Gasteiger partial charge in [-0.1, -0.05) is 48.0 Å².